The van der Waals surface area contributed by atoms with Gasteiger partial charge in [-0.15, -0.1) is 0 Å². The van der Waals surface area contributed by atoms with E-state index in [1.807, 2.05) is 34.9 Å². The van der Waals surface area contributed by atoms with Crippen LogP contribution < -0.4 is 5.73 Å². The molecule has 0 saturated heterocycles. The topological polar surface area (TPSA) is 99.1 Å². The number of nitrogens with two attached hydrogens (primary N) is 1. The van der Waals surface area contributed by atoms with E-state index in [0.717, 1.165) is 18.4 Å². The largest absolute Gasteiger partial charge is 0.388 e. The monoisotopic (exact) mass is 339 g/mol. The van der Waals surface area contributed by atoms with E-state index in [-0.39, 0.29) is 5.92 Å². The highest BCUT2D eigenvalue weighted by atomic mass is 16.5. The van der Waals surface area contributed by atoms with Gasteiger partial charge in [0.25, 0.3) is 0 Å². The van der Waals surface area contributed by atoms with Crippen molar-refractivity contribution in [1.29, 1.82) is 0 Å². The Kier molecular flexibility index (Phi) is 4.10. The summed E-state index contributed by atoms with van der Waals surface area (Å²) in [5, 5.41) is 11.0. The van der Waals surface area contributed by atoms with Crippen molar-refractivity contribution in [2.24, 2.45) is 5.92 Å². The molecule has 3 N–H and O–H groups in total. The number of anilines is 1. The predicted octanol–water partition coefficient (Wildman–Crippen LogP) is 1.77. The van der Waals surface area contributed by atoms with Gasteiger partial charge >= 0.3 is 0 Å². The quantitative estimate of drug-likeness (QED) is 0.710. The van der Waals surface area contributed by atoms with Crippen LogP contribution in [0.1, 0.15) is 18.4 Å². The van der Waals surface area contributed by atoms with Crippen LogP contribution in [-0.4, -0.2) is 36.8 Å². The molecule has 25 heavy (non-hydrogen) atoms. The second-order valence-electron chi connectivity index (χ2n) is 6.64. The second kappa shape index (κ2) is 6.42. The molecule has 0 aliphatic heterocycles. The Morgan fingerprint density at radius 1 is 1.24 bits per heavy atom. The Hall–Kier alpha value is -2.51. The maximum absolute atomic E-state index is 11.0. The molecule has 1 aromatic carbocycles. The summed E-state index contributed by atoms with van der Waals surface area (Å²) in [4.78, 5) is 12.4. The first-order valence-electron chi connectivity index (χ1n) is 8.41. The first kappa shape index (κ1) is 16.0. The summed E-state index contributed by atoms with van der Waals surface area (Å²) in [6.07, 6.45) is 4.77. The molecule has 1 aliphatic rings. The molecule has 0 unspecified atom stereocenters. The average Bonchev–Trinajstić information content (AvgIpc) is 3.03. The molecule has 2 heterocycles. The van der Waals surface area contributed by atoms with Crippen LogP contribution in [0.3, 0.4) is 0 Å². The minimum atomic E-state index is -0.802. The summed E-state index contributed by atoms with van der Waals surface area (Å²) >= 11 is 0. The van der Waals surface area contributed by atoms with Crippen LogP contribution in [0.15, 0.2) is 43.0 Å². The molecule has 1 aliphatic carbocycles. The first-order valence-corrected chi connectivity index (χ1v) is 8.41. The second-order valence-corrected chi connectivity index (χ2v) is 6.64. The SMILES string of the molecule is Nc1ncnc2c1ncn2C[C@@]1(O)CC[C@H]1COCc1ccccc1. The maximum atomic E-state index is 11.0. The molecule has 7 heteroatoms. The highest BCUT2D eigenvalue weighted by Gasteiger charge is 2.45. The van der Waals surface area contributed by atoms with E-state index in [9.17, 15) is 5.11 Å². The van der Waals surface area contributed by atoms with Crippen molar-refractivity contribution in [3.63, 3.8) is 0 Å². The van der Waals surface area contributed by atoms with Crippen LogP contribution in [0, 0.1) is 5.92 Å². The minimum Gasteiger partial charge on any atom is -0.388 e. The lowest BCUT2D eigenvalue weighted by molar-refractivity contribution is -0.133. The Balaban J connectivity index is 1.40. The van der Waals surface area contributed by atoms with E-state index >= 15 is 0 Å². The van der Waals surface area contributed by atoms with Crippen LogP contribution >= 0.6 is 0 Å². The van der Waals surface area contributed by atoms with Crippen LogP contribution in [0.25, 0.3) is 11.2 Å². The summed E-state index contributed by atoms with van der Waals surface area (Å²) in [5.74, 6) is 0.458. The van der Waals surface area contributed by atoms with Crippen LogP contribution in [0.5, 0.6) is 0 Å². The fraction of sp³-hybridized carbons (Fsp3) is 0.389. The zero-order valence-electron chi connectivity index (χ0n) is 13.9. The summed E-state index contributed by atoms with van der Waals surface area (Å²) in [7, 11) is 0. The molecule has 0 bridgehead atoms. The number of aromatic nitrogens is 4. The lowest BCUT2D eigenvalue weighted by Gasteiger charge is -2.45. The molecule has 130 valence electrons. The lowest BCUT2D eigenvalue weighted by atomic mass is 9.69. The first-order chi connectivity index (χ1) is 12.2. The molecular formula is C18H21N5O2. The van der Waals surface area contributed by atoms with Gasteiger partial charge in [-0.05, 0) is 18.4 Å². The predicted molar refractivity (Wildman–Crippen MR) is 93.5 cm³/mol. The normalized spacial score (nSPS) is 22.8. The summed E-state index contributed by atoms with van der Waals surface area (Å²) in [6, 6.07) is 10.1. The molecule has 7 nitrogen and oxygen atoms in total. The molecule has 1 fully saturated rings. The standard InChI is InChI=1S/C18H21N5O2/c19-16-15-17(21-11-20-16)23(12-22-15)10-18(24)7-6-14(18)9-25-8-13-4-2-1-3-5-13/h1-5,11-12,14,24H,6-10H2,(H2,19,20,21)/t14-,18-/m0/s1. The number of ether oxygens (including phenoxy) is 1. The molecular weight excluding hydrogens is 318 g/mol. The number of fused-ring (bicyclic) bond motifs is 1. The van der Waals surface area contributed by atoms with Gasteiger partial charge in [0.15, 0.2) is 11.5 Å². The highest BCUT2D eigenvalue weighted by molar-refractivity contribution is 5.81. The third-order valence-corrected chi connectivity index (χ3v) is 4.99. The molecule has 0 amide bonds. The zero-order chi connectivity index (χ0) is 17.3. The molecule has 0 radical (unpaired) electrons. The van der Waals surface area contributed by atoms with Gasteiger partial charge in [-0.25, -0.2) is 15.0 Å². The third kappa shape index (κ3) is 3.08. The Bertz CT molecular complexity index is 866. The number of hydrogen-bond acceptors (Lipinski definition) is 6. The highest BCUT2D eigenvalue weighted by Crippen LogP contribution is 2.40. The molecule has 3 aromatic rings. The maximum Gasteiger partial charge on any atom is 0.165 e. The number of imidazole rings is 1. The van der Waals surface area contributed by atoms with Gasteiger partial charge < -0.3 is 20.1 Å². The van der Waals surface area contributed by atoms with E-state index in [2.05, 4.69) is 15.0 Å². The number of hydrogen-bond donors (Lipinski definition) is 2. The Morgan fingerprint density at radius 3 is 2.84 bits per heavy atom. The van der Waals surface area contributed by atoms with E-state index in [0.29, 0.717) is 36.7 Å². The van der Waals surface area contributed by atoms with Crippen molar-refractivity contribution in [1.82, 2.24) is 19.5 Å². The van der Waals surface area contributed by atoms with Crippen LogP contribution in [0.2, 0.25) is 0 Å². The fourth-order valence-corrected chi connectivity index (χ4v) is 3.33. The summed E-state index contributed by atoms with van der Waals surface area (Å²) in [5.41, 5.74) is 7.38. The fourth-order valence-electron chi connectivity index (χ4n) is 3.33. The van der Waals surface area contributed by atoms with Crippen molar-refractivity contribution < 1.29 is 9.84 Å². The van der Waals surface area contributed by atoms with Gasteiger partial charge in [-0.1, -0.05) is 30.3 Å². The molecule has 2 atom stereocenters. The van der Waals surface area contributed by atoms with E-state index in [4.69, 9.17) is 10.5 Å². The minimum absolute atomic E-state index is 0.104. The Morgan fingerprint density at radius 2 is 2.08 bits per heavy atom. The van der Waals surface area contributed by atoms with Crippen molar-refractivity contribution >= 4 is 17.0 Å². The van der Waals surface area contributed by atoms with Gasteiger partial charge in [0.1, 0.15) is 11.8 Å². The van der Waals surface area contributed by atoms with E-state index < -0.39 is 5.60 Å². The van der Waals surface area contributed by atoms with Gasteiger partial charge in [0.05, 0.1) is 31.7 Å². The number of nitrogens with zero attached hydrogens (tertiary/aromatic N) is 4. The molecule has 2 aromatic heterocycles. The van der Waals surface area contributed by atoms with E-state index in [1.54, 1.807) is 6.33 Å². The number of nitrogen functional groups attached to an aromatic ring is 1. The van der Waals surface area contributed by atoms with Gasteiger partial charge in [0.2, 0.25) is 0 Å². The zero-order valence-corrected chi connectivity index (χ0v) is 13.9. The number of benzene rings is 1. The smallest absolute Gasteiger partial charge is 0.165 e. The third-order valence-electron chi connectivity index (χ3n) is 4.99. The van der Waals surface area contributed by atoms with Gasteiger partial charge in [0, 0.05) is 5.92 Å². The van der Waals surface area contributed by atoms with Crippen molar-refractivity contribution in [3.05, 3.63) is 48.5 Å². The summed E-state index contributed by atoms with van der Waals surface area (Å²) < 4.78 is 7.66. The van der Waals surface area contributed by atoms with Crippen LogP contribution in [0.4, 0.5) is 5.82 Å². The molecule has 1 saturated carbocycles. The van der Waals surface area contributed by atoms with Crippen molar-refractivity contribution in [2.45, 2.75) is 31.6 Å². The van der Waals surface area contributed by atoms with Crippen molar-refractivity contribution in [3.8, 4) is 0 Å². The van der Waals surface area contributed by atoms with Gasteiger partial charge in [-0.2, -0.15) is 0 Å². The van der Waals surface area contributed by atoms with Crippen LogP contribution in [-0.2, 0) is 17.9 Å². The van der Waals surface area contributed by atoms with E-state index in [1.165, 1.54) is 6.33 Å². The Labute approximate surface area is 145 Å². The number of aliphatic hydroxyl groups is 1. The average molecular weight is 339 g/mol. The lowest BCUT2D eigenvalue weighted by Crippen LogP contribution is -2.52. The summed E-state index contributed by atoms with van der Waals surface area (Å²) in [6.45, 7) is 1.53. The molecule has 0 spiro atoms. The van der Waals surface area contributed by atoms with Crippen molar-refractivity contribution in [2.75, 3.05) is 12.3 Å². The number of rotatable bonds is 6. The molecule has 4 rings (SSSR count). The van der Waals surface area contributed by atoms with Gasteiger partial charge in [-0.3, -0.25) is 0 Å².